The van der Waals surface area contributed by atoms with Crippen molar-refractivity contribution in [3.05, 3.63) is 66.2 Å². The molecule has 8 heteroatoms. The molecule has 0 unspecified atom stereocenters. The first-order chi connectivity index (χ1) is 15.3. The number of nitrogens with one attached hydrogen (secondary N) is 3. The average Bonchev–Trinajstić information content (AvgIpc) is 3.43. The van der Waals surface area contributed by atoms with Crippen LogP contribution in [-0.2, 0) is 0 Å². The number of hydrogen-bond donors (Lipinski definition) is 3. The highest BCUT2D eigenvalue weighted by Gasteiger charge is 2.18. The van der Waals surface area contributed by atoms with Crippen molar-refractivity contribution in [1.29, 1.82) is 0 Å². The Labute approximate surface area is 176 Å². The third kappa shape index (κ3) is 3.00. The molecular weight excluding hydrogens is 393 g/mol. The minimum absolute atomic E-state index is 0.297. The monoisotopic (exact) mass is 411 g/mol. The van der Waals surface area contributed by atoms with Crippen LogP contribution in [0.5, 0.6) is 0 Å². The Balaban J connectivity index is 1.50. The van der Waals surface area contributed by atoms with Crippen molar-refractivity contribution in [3.63, 3.8) is 0 Å². The Morgan fingerprint density at radius 1 is 1.00 bits per heavy atom. The van der Waals surface area contributed by atoms with E-state index in [0.717, 1.165) is 30.5 Å². The number of aromatic amines is 2. The van der Waals surface area contributed by atoms with Gasteiger partial charge in [0.25, 0.3) is 0 Å². The molecule has 0 radical (unpaired) electrons. The molecule has 31 heavy (non-hydrogen) atoms. The molecule has 1 aliphatic rings. The molecule has 0 amide bonds. The molecule has 0 aliphatic carbocycles. The van der Waals surface area contributed by atoms with Crippen molar-refractivity contribution in [2.45, 2.75) is 6.42 Å². The first kappa shape index (κ1) is 17.9. The van der Waals surface area contributed by atoms with Crippen LogP contribution in [-0.4, -0.2) is 43.2 Å². The average molecular weight is 411 g/mol. The molecule has 152 valence electrons. The Hall–Kier alpha value is -3.91. The molecule has 0 atom stereocenters. The number of imidazole rings is 1. The van der Waals surface area contributed by atoms with E-state index in [1.54, 1.807) is 24.4 Å². The molecular formula is C23H18FN7. The highest BCUT2D eigenvalue weighted by Crippen LogP contribution is 2.32. The fraction of sp³-hybridized carbons (Fsp3) is 0.130. The zero-order valence-electron chi connectivity index (χ0n) is 16.5. The summed E-state index contributed by atoms with van der Waals surface area (Å²) in [6, 6.07) is 10.5. The van der Waals surface area contributed by atoms with E-state index in [9.17, 15) is 4.39 Å². The molecule has 6 rings (SSSR count). The number of halogens is 1. The SMILES string of the molecule is Fc1ccccc1-c1ccnc2[nH]c(-c3n[nH]c4ncc(C5=CCNCC5)cc34)nc12. The highest BCUT2D eigenvalue weighted by atomic mass is 19.1. The zero-order valence-corrected chi connectivity index (χ0v) is 16.5. The maximum absolute atomic E-state index is 14.4. The summed E-state index contributed by atoms with van der Waals surface area (Å²) >= 11 is 0. The lowest BCUT2D eigenvalue weighted by atomic mass is 10.0. The van der Waals surface area contributed by atoms with Gasteiger partial charge in [0.2, 0.25) is 0 Å². The van der Waals surface area contributed by atoms with Gasteiger partial charge in [-0.25, -0.2) is 19.3 Å². The number of aromatic nitrogens is 6. The summed E-state index contributed by atoms with van der Waals surface area (Å²) in [4.78, 5) is 16.9. The van der Waals surface area contributed by atoms with Crippen molar-refractivity contribution in [2.75, 3.05) is 13.1 Å². The summed E-state index contributed by atoms with van der Waals surface area (Å²) < 4.78 is 14.4. The molecule has 7 nitrogen and oxygen atoms in total. The summed E-state index contributed by atoms with van der Waals surface area (Å²) in [6.07, 6.45) is 6.68. The standard InChI is InChI=1S/C23H18FN7/c24-18-4-2-1-3-15(18)16-7-10-26-22-19(16)28-23(29-22)20-17-11-14(12-27-21(17)31-30-20)13-5-8-25-9-6-13/h1-5,7,10-12,25H,6,8-9H2,(H,26,28,29)(H,27,30,31). The summed E-state index contributed by atoms with van der Waals surface area (Å²) in [7, 11) is 0. The van der Waals surface area contributed by atoms with Crippen LogP contribution in [0.3, 0.4) is 0 Å². The molecule has 0 spiro atoms. The first-order valence-electron chi connectivity index (χ1n) is 10.1. The van der Waals surface area contributed by atoms with Gasteiger partial charge in [0.1, 0.15) is 17.0 Å². The predicted molar refractivity (Wildman–Crippen MR) is 118 cm³/mol. The molecule has 5 aromatic rings. The molecule has 1 aliphatic heterocycles. The van der Waals surface area contributed by atoms with E-state index in [4.69, 9.17) is 4.98 Å². The van der Waals surface area contributed by atoms with Crippen molar-refractivity contribution >= 4 is 27.8 Å². The zero-order chi connectivity index (χ0) is 20.8. The van der Waals surface area contributed by atoms with Crippen LogP contribution in [0.25, 0.3) is 50.4 Å². The van der Waals surface area contributed by atoms with Crippen molar-refractivity contribution < 1.29 is 4.39 Å². The fourth-order valence-corrected chi connectivity index (χ4v) is 4.06. The van der Waals surface area contributed by atoms with Gasteiger partial charge in [-0.1, -0.05) is 24.3 Å². The third-order valence-electron chi connectivity index (χ3n) is 5.62. The Morgan fingerprint density at radius 2 is 1.94 bits per heavy atom. The maximum atomic E-state index is 14.4. The van der Waals surface area contributed by atoms with Gasteiger partial charge in [0, 0.05) is 30.1 Å². The van der Waals surface area contributed by atoms with Gasteiger partial charge in [-0.15, -0.1) is 0 Å². The minimum atomic E-state index is -0.297. The van der Waals surface area contributed by atoms with Gasteiger partial charge in [-0.05, 0) is 42.3 Å². The van der Waals surface area contributed by atoms with E-state index in [1.807, 2.05) is 12.3 Å². The summed E-state index contributed by atoms with van der Waals surface area (Å²) in [5, 5.41) is 11.6. The Kier molecular flexibility index (Phi) is 4.10. The fourth-order valence-electron chi connectivity index (χ4n) is 4.06. The molecule has 1 aromatic carbocycles. The summed E-state index contributed by atoms with van der Waals surface area (Å²) in [5.74, 6) is 0.268. The van der Waals surface area contributed by atoms with Gasteiger partial charge in [0.15, 0.2) is 17.1 Å². The maximum Gasteiger partial charge on any atom is 0.161 e. The van der Waals surface area contributed by atoms with Gasteiger partial charge >= 0.3 is 0 Å². The van der Waals surface area contributed by atoms with Crippen LogP contribution in [0.15, 0.2) is 54.9 Å². The van der Waals surface area contributed by atoms with E-state index in [-0.39, 0.29) is 5.82 Å². The second-order valence-corrected chi connectivity index (χ2v) is 7.50. The van der Waals surface area contributed by atoms with E-state index in [2.05, 4.69) is 42.6 Å². The molecule has 0 saturated heterocycles. The first-order valence-corrected chi connectivity index (χ1v) is 10.1. The minimum Gasteiger partial charge on any atom is -0.321 e. The second-order valence-electron chi connectivity index (χ2n) is 7.50. The summed E-state index contributed by atoms with van der Waals surface area (Å²) in [5.41, 5.74) is 6.06. The van der Waals surface area contributed by atoms with E-state index >= 15 is 0 Å². The normalized spacial score (nSPS) is 14.3. The largest absolute Gasteiger partial charge is 0.321 e. The molecule has 5 heterocycles. The van der Waals surface area contributed by atoms with Crippen LogP contribution in [0.4, 0.5) is 4.39 Å². The number of rotatable bonds is 3. The van der Waals surface area contributed by atoms with E-state index in [0.29, 0.717) is 39.5 Å². The lowest BCUT2D eigenvalue weighted by Gasteiger charge is -2.13. The van der Waals surface area contributed by atoms with E-state index in [1.165, 1.54) is 11.6 Å². The lowest BCUT2D eigenvalue weighted by Crippen LogP contribution is -2.20. The Morgan fingerprint density at radius 3 is 2.81 bits per heavy atom. The number of H-pyrrole nitrogens is 2. The lowest BCUT2D eigenvalue weighted by molar-refractivity contribution is 0.631. The number of hydrogen-bond acceptors (Lipinski definition) is 5. The van der Waals surface area contributed by atoms with Gasteiger partial charge in [0.05, 0.1) is 5.39 Å². The quantitative estimate of drug-likeness (QED) is 0.416. The van der Waals surface area contributed by atoms with Crippen LogP contribution in [0, 0.1) is 5.82 Å². The number of benzene rings is 1. The molecule has 4 aromatic heterocycles. The van der Waals surface area contributed by atoms with Crippen LogP contribution in [0.1, 0.15) is 12.0 Å². The number of nitrogens with zero attached hydrogens (tertiary/aromatic N) is 4. The highest BCUT2D eigenvalue weighted by molar-refractivity contribution is 5.95. The molecule has 0 bridgehead atoms. The number of fused-ring (bicyclic) bond motifs is 2. The smallest absolute Gasteiger partial charge is 0.161 e. The van der Waals surface area contributed by atoms with Crippen molar-refractivity contribution in [2.24, 2.45) is 0 Å². The van der Waals surface area contributed by atoms with Crippen molar-refractivity contribution in [1.82, 2.24) is 35.5 Å². The topological polar surface area (TPSA) is 95.2 Å². The van der Waals surface area contributed by atoms with Crippen LogP contribution < -0.4 is 5.32 Å². The third-order valence-corrected chi connectivity index (χ3v) is 5.62. The molecule has 3 N–H and O–H groups in total. The van der Waals surface area contributed by atoms with Gasteiger partial charge < -0.3 is 10.3 Å². The predicted octanol–water partition coefficient (Wildman–Crippen LogP) is 4.08. The van der Waals surface area contributed by atoms with Gasteiger partial charge in [-0.2, -0.15) is 5.10 Å². The van der Waals surface area contributed by atoms with Crippen LogP contribution in [0.2, 0.25) is 0 Å². The van der Waals surface area contributed by atoms with Gasteiger partial charge in [-0.3, -0.25) is 5.10 Å². The number of pyridine rings is 2. The molecule has 0 fully saturated rings. The summed E-state index contributed by atoms with van der Waals surface area (Å²) in [6.45, 7) is 1.82. The van der Waals surface area contributed by atoms with Crippen LogP contribution >= 0.6 is 0 Å². The van der Waals surface area contributed by atoms with Crippen molar-refractivity contribution in [3.8, 4) is 22.6 Å². The molecule has 0 saturated carbocycles. The van der Waals surface area contributed by atoms with E-state index < -0.39 is 0 Å². The Bertz CT molecular complexity index is 1460. The second kappa shape index (κ2) is 7.10.